The van der Waals surface area contributed by atoms with Gasteiger partial charge in [0.1, 0.15) is 5.69 Å². The molecule has 0 aliphatic rings. The molecule has 0 saturated carbocycles. The Morgan fingerprint density at radius 3 is 2.25 bits per heavy atom. The van der Waals surface area contributed by atoms with Gasteiger partial charge in [-0.25, -0.2) is 4.98 Å². The average molecular weight is 339 g/mol. The van der Waals surface area contributed by atoms with Crippen molar-refractivity contribution in [1.82, 2.24) is 4.98 Å². The summed E-state index contributed by atoms with van der Waals surface area (Å²) in [4.78, 5) is 27.5. The van der Waals surface area contributed by atoms with Crippen LogP contribution in [0, 0.1) is 10.1 Å². The summed E-state index contributed by atoms with van der Waals surface area (Å²) in [5.41, 5.74) is -1.22. The average Bonchev–Trinajstić information content (AvgIpc) is 2.52. The molecule has 6 nitrogen and oxygen atoms in total. The minimum atomic E-state index is -4.58. The molecule has 1 aromatic carbocycles. The van der Waals surface area contributed by atoms with Gasteiger partial charge in [-0.3, -0.25) is 14.9 Å². The number of nitrogens with zero attached hydrogens (tertiary/aromatic N) is 3. The number of halogens is 3. The van der Waals surface area contributed by atoms with E-state index in [2.05, 4.69) is 4.98 Å². The standard InChI is InChI=1S/C15H12F3N3O3/c1-20(2)12-7-10(15(16,17)18)8-19-13(12)14(22)9-3-5-11(6-4-9)21(23)24/h3-8H,1-2H3. The zero-order valence-corrected chi connectivity index (χ0v) is 12.7. The van der Waals surface area contributed by atoms with E-state index in [4.69, 9.17) is 0 Å². The number of nitro benzene ring substituents is 1. The number of rotatable bonds is 4. The smallest absolute Gasteiger partial charge is 0.376 e. The van der Waals surface area contributed by atoms with Crippen molar-refractivity contribution < 1.29 is 22.9 Å². The fourth-order valence-corrected chi connectivity index (χ4v) is 2.00. The van der Waals surface area contributed by atoms with Crippen molar-refractivity contribution in [2.45, 2.75) is 6.18 Å². The van der Waals surface area contributed by atoms with E-state index in [0.717, 1.165) is 18.2 Å². The van der Waals surface area contributed by atoms with E-state index in [1.54, 1.807) is 0 Å². The first-order valence-electron chi connectivity index (χ1n) is 6.65. The molecule has 0 atom stereocenters. The highest BCUT2D eigenvalue weighted by Gasteiger charge is 2.32. The quantitative estimate of drug-likeness (QED) is 0.485. The van der Waals surface area contributed by atoms with Crippen molar-refractivity contribution in [3.05, 3.63) is 63.5 Å². The van der Waals surface area contributed by atoms with Gasteiger partial charge in [0.2, 0.25) is 5.78 Å². The monoisotopic (exact) mass is 339 g/mol. The Hall–Kier alpha value is -2.97. The van der Waals surface area contributed by atoms with Gasteiger partial charge >= 0.3 is 6.18 Å². The number of aromatic nitrogens is 1. The van der Waals surface area contributed by atoms with Crippen LogP contribution in [0.5, 0.6) is 0 Å². The van der Waals surface area contributed by atoms with Crippen molar-refractivity contribution in [2.24, 2.45) is 0 Å². The van der Waals surface area contributed by atoms with E-state index in [0.29, 0.717) is 6.20 Å². The highest BCUT2D eigenvalue weighted by atomic mass is 19.4. The topological polar surface area (TPSA) is 76.3 Å². The van der Waals surface area contributed by atoms with Crippen molar-refractivity contribution in [2.75, 3.05) is 19.0 Å². The van der Waals surface area contributed by atoms with Gasteiger partial charge in [0.15, 0.2) is 0 Å². The fraction of sp³-hybridized carbons (Fsp3) is 0.200. The lowest BCUT2D eigenvalue weighted by molar-refractivity contribution is -0.384. The summed E-state index contributed by atoms with van der Waals surface area (Å²) in [6, 6.07) is 5.60. The van der Waals surface area contributed by atoms with E-state index in [-0.39, 0.29) is 22.6 Å². The van der Waals surface area contributed by atoms with Gasteiger partial charge < -0.3 is 4.90 Å². The minimum Gasteiger partial charge on any atom is -0.376 e. The molecule has 0 bridgehead atoms. The lowest BCUT2D eigenvalue weighted by atomic mass is 10.0. The zero-order chi connectivity index (χ0) is 18.1. The number of benzene rings is 1. The molecule has 1 heterocycles. The molecule has 2 rings (SSSR count). The second-order valence-corrected chi connectivity index (χ2v) is 5.12. The Morgan fingerprint density at radius 2 is 1.79 bits per heavy atom. The van der Waals surface area contributed by atoms with Crippen LogP contribution in [-0.4, -0.2) is 29.8 Å². The van der Waals surface area contributed by atoms with Gasteiger partial charge in [0, 0.05) is 38.0 Å². The predicted octanol–water partition coefficient (Wildman–Crippen LogP) is 3.31. The van der Waals surface area contributed by atoms with Gasteiger partial charge in [-0.15, -0.1) is 0 Å². The summed E-state index contributed by atoms with van der Waals surface area (Å²) in [7, 11) is 2.98. The molecule has 0 amide bonds. The number of hydrogen-bond acceptors (Lipinski definition) is 5. The molecule has 1 aromatic heterocycles. The number of alkyl halides is 3. The number of nitro groups is 1. The van der Waals surface area contributed by atoms with Crippen molar-refractivity contribution >= 4 is 17.2 Å². The van der Waals surface area contributed by atoms with Crippen LogP contribution in [0.1, 0.15) is 21.6 Å². The number of non-ortho nitro benzene ring substituents is 1. The molecule has 0 spiro atoms. The van der Waals surface area contributed by atoms with E-state index in [1.807, 2.05) is 0 Å². The number of anilines is 1. The number of hydrogen-bond donors (Lipinski definition) is 0. The van der Waals surface area contributed by atoms with Gasteiger partial charge in [-0.1, -0.05) is 0 Å². The first-order chi connectivity index (χ1) is 11.1. The molecule has 0 aliphatic heterocycles. The van der Waals surface area contributed by atoms with Crippen LogP contribution >= 0.6 is 0 Å². The lowest BCUT2D eigenvalue weighted by Crippen LogP contribution is -2.18. The fourth-order valence-electron chi connectivity index (χ4n) is 2.00. The van der Waals surface area contributed by atoms with E-state index in [9.17, 15) is 28.1 Å². The van der Waals surface area contributed by atoms with Crippen LogP contribution in [-0.2, 0) is 6.18 Å². The molecule has 0 aliphatic carbocycles. The zero-order valence-electron chi connectivity index (χ0n) is 12.7. The Bertz CT molecular complexity index is 787. The number of ketones is 1. The highest BCUT2D eigenvalue weighted by molar-refractivity contribution is 6.11. The van der Waals surface area contributed by atoms with Crippen LogP contribution in [0.2, 0.25) is 0 Å². The largest absolute Gasteiger partial charge is 0.417 e. The molecule has 0 saturated heterocycles. The Labute approximate surface area is 134 Å². The van der Waals surface area contributed by atoms with Gasteiger partial charge in [0.25, 0.3) is 5.69 Å². The molecular weight excluding hydrogens is 327 g/mol. The molecule has 9 heteroatoms. The van der Waals surface area contributed by atoms with Crippen LogP contribution in [0.3, 0.4) is 0 Å². The molecule has 0 N–H and O–H groups in total. The Morgan fingerprint density at radius 1 is 1.21 bits per heavy atom. The predicted molar refractivity (Wildman–Crippen MR) is 80.1 cm³/mol. The number of carbonyl (C=O) groups excluding carboxylic acids is 1. The molecule has 0 radical (unpaired) electrons. The van der Waals surface area contributed by atoms with Gasteiger partial charge in [-0.05, 0) is 18.2 Å². The lowest BCUT2D eigenvalue weighted by Gasteiger charge is -2.18. The molecular formula is C15H12F3N3O3. The van der Waals surface area contributed by atoms with Crippen LogP contribution in [0.4, 0.5) is 24.5 Å². The van der Waals surface area contributed by atoms with Crippen LogP contribution in [0.15, 0.2) is 36.5 Å². The van der Waals surface area contributed by atoms with E-state index >= 15 is 0 Å². The summed E-state index contributed by atoms with van der Waals surface area (Å²) in [5, 5.41) is 10.6. The first-order valence-corrected chi connectivity index (χ1v) is 6.65. The first kappa shape index (κ1) is 17.4. The third-order valence-corrected chi connectivity index (χ3v) is 3.23. The van der Waals surface area contributed by atoms with Gasteiger partial charge in [-0.2, -0.15) is 13.2 Å². The molecule has 2 aromatic rings. The molecule has 0 unspecified atom stereocenters. The Kier molecular flexibility index (Phi) is 4.54. The summed E-state index contributed by atoms with van der Waals surface area (Å²) in [5.74, 6) is -0.623. The van der Waals surface area contributed by atoms with Crippen LogP contribution in [0.25, 0.3) is 0 Å². The summed E-state index contributed by atoms with van der Waals surface area (Å²) < 4.78 is 38.4. The maximum Gasteiger partial charge on any atom is 0.417 e. The van der Waals surface area contributed by atoms with Crippen LogP contribution < -0.4 is 4.90 Å². The number of pyridine rings is 1. The SMILES string of the molecule is CN(C)c1cc(C(F)(F)F)cnc1C(=O)c1ccc([N+](=O)[O-])cc1. The second-order valence-electron chi connectivity index (χ2n) is 5.12. The highest BCUT2D eigenvalue weighted by Crippen LogP contribution is 2.32. The maximum atomic E-state index is 12.8. The molecule has 0 fully saturated rings. The van der Waals surface area contributed by atoms with E-state index in [1.165, 1.54) is 31.1 Å². The minimum absolute atomic E-state index is 0.00757. The third kappa shape index (κ3) is 3.50. The molecule has 126 valence electrons. The normalized spacial score (nSPS) is 11.2. The summed E-state index contributed by atoms with van der Waals surface area (Å²) in [6.45, 7) is 0. The van der Waals surface area contributed by atoms with Crippen molar-refractivity contribution in [3.63, 3.8) is 0 Å². The molecule has 24 heavy (non-hydrogen) atoms. The number of carbonyl (C=O) groups is 1. The van der Waals surface area contributed by atoms with Gasteiger partial charge in [0.05, 0.1) is 16.2 Å². The van der Waals surface area contributed by atoms with Crippen molar-refractivity contribution in [1.29, 1.82) is 0 Å². The van der Waals surface area contributed by atoms with E-state index < -0.39 is 22.4 Å². The summed E-state index contributed by atoms with van der Waals surface area (Å²) >= 11 is 0. The summed E-state index contributed by atoms with van der Waals surface area (Å²) in [6.07, 6.45) is -3.99. The van der Waals surface area contributed by atoms with Crippen molar-refractivity contribution in [3.8, 4) is 0 Å². The second kappa shape index (κ2) is 6.26. The Balaban J connectivity index is 2.47. The third-order valence-electron chi connectivity index (χ3n) is 3.23. The maximum absolute atomic E-state index is 12.8.